The smallest absolute Gasteiger partial charge is 0.119 e. The summed E-state index contributed by atoms with van der Waals surface area (Å²) in [6.45, 7) is 3.18. The maximum Gasteiger partial charge on any atom is 0.119 e. The van der Waals surface area contributed by atoms with Crippen molar-refractivity contribution in [3.05, 3.63) is 42.0 Å². The first-order valence-electron chi connectivity index (χ1n) is 11.3. The number of methoxy groups -OCH3 is 1. The summed E-state index contributed by atoms with van der Waals surface area (Å²) in [5, 5.41) is 17.5. The van der Waals surface area contributed by atoms with Gasteiger partial charge in [-0.2, -0.15) is 0 Å². The van der Waals surface area contributed by atoms with Crippen LogP contribution in [0.25, 0.3) is 10.8 Å². The Labute approximate surface area is 175 Å². The van der Waals surface area contributed by atoms with Crippen LogP contribution in [0, 0.1) is 0 Å². The quantitative estimate of drug-likeness (QED) is 0.764. The molecule has 1 heterocycles. The Bertz CT molecular complexity index is 808. The van der Waals surface area contributed by atoms with Crippen LogP contribution in [0.1, 0.15) is 56.4 Å². The van der Waals surface area contributed by atoms with Crippen molar-refractivity contribution in [2.75, 3.05) is 33.8 Å². The molecule has 4 heteroatoms. The van der Waals surface area contributed by atoms with Gasteiger partial charge in [0.25, 0.3) is 0 Å². The van der Waals surface area contributed by atoms with Gasteiger partial charge in [-0.3, -0.25) is 0 Å². The summed E-state index contributed by atoms with van der Waals surface area (Å²) in [5.41, 5.74) is 0.695. The van der Waals surface area contributed by atoms with Crippen molar-refractivity contribution in [2.24, 2.45) is 0 Å². The molecule has 158 valence electrons. The number of ether oxygens (including phenoxy) is 1. The van der Waals surface area contributed by atoms with E-state index in [1.165, 1.54) is 35.6 Å². The fourth-order valence-electron chi connectivity index (χ4n) is 5.35. The average Bonchev–Trinajstić information content (AvgIpc) is 2.77. The summed E-state index contributed by atoms with van der Waals surface area (Å²) in [5.74, 6) is 1.06. The molecule has 0 bridgehead atoms. The number of fused-ring (bicyclic) bond motifs is 1. The Morgan fingerprint density at radius 3 is 2.45 bits per heavy atom. The van der Waals surface area contributed by atoms with Gasteiger partial charge in [0.05, 0.1) is 12.7 Å². The Morgan fingerprint density at radius 1 is 1.07 bits per heavy atom. The monoisotopic (exact) mass is 396 g/mol. The van der Waals surface area contributed by atoms with Crippen LogP contribution in [0.2, 0.25) is 0 Å². The molecule has 29 heavy (non-hydrogen) atoms. The van der Waals surface area contributed by atoms with Gasteiger partial charge in [-0.05, 0) is 74.3 Å². The second-order valence-electron chi connectivity index (χ2n) is 9.05. The molecule has 1 atom stereocenters. The molecule has 0 amide bonds. The summed E-state index contributed by atoms with van der Waals surface area (Å²) in [6.07, 6.45) is 7.76. The van der Waals surface area contributed by atoms with Crippen molar-refractivity contribution in [1.29, 1.82) is 0 Å². The van der Waals surface area contributed by atoms with Crippen LogP contribution in [0.15, 0.2) is 36.4 Å². The maximum atomic E-state index is 11.7. The van der Waals surface area contributed by atoms with Crippen LogP contribution in [0.5, 0.6) is 5.75 Å². The zero-order valence-corrected chi connectivity index (χ0v) is 18.0. The molecule has 2 aromatic carbocycles. The highest BCUT2D eigenvalue weighted by molar-refractivity contribution is 5.84. The van der Waals surface area contributed by atoms with Crippen molar-refractivity contribution in [1.82, 2.24) is 10.2 Å². The van der Waals surface area contributed by atoms with Crippen LogP contribution in [0.3, 0.4) is 0 Å². The number of aliphatic hydroxyl groups is 1. The predicted molar refractivity (Wildman–Crippen MR) is 120 cm³/mol. The average molecular weight is 397 g/mol. The zero-order valence-electron chi connectivity index (χ0n) is 18.0. The van der Waals surface area contributed by atoms with E-state index in [-0.39, 0.29) is 5.92 Å². The van der Waals surface area contributed by atoms with E-state index in [1.54, 1.807) is 7.11 Å². The standard InChI is InChI=1S/C25H36N2O2/c1-26-22-10-14-27(15-11-22)18-24(25(28)12-4-3-5-13-25)21-7-6-20-17-23(29-2)9-8-19(20)16-21/h6-9,16-17,22,24,26,28H,3-5,10-15,18H2,1-2H3. The Kier molecular flexibility index (Phi) is 6.43. The SMILES string of the molecule is CNC1CCN(CC(c2ccc3cc(OC)ccc3c2)C2(O)CCCCC2)CC1. The number of nitrogens with one attached hydrogen (secondary N) is 1. The summed E-state index contributed by atoms with van der Waals surface area (Å²) < 4.78 is 5.38. The van der Waals surface area contributed by atoms with Gasteiger partial charge in [0.2, 0.25) is 0 Å². The van der Waals surface area contributed by atoms with E-state index in [0.29, 0.717) is 6.04 Å². The minimum atomic E-state index is -0.585. The molecule has 0 radical (unpaired) electrons. The van der Waals surface area contributed by atoms with Gasteiger partial charge in [-0.1, -0.05) is 43.5 Å². The summed E-state index contributed by atoms with van der Waals surface area (Å²) in [7, 11) is 3.78. The highest BCUT2D eigenvalue weighted by Crippen LogP contribution is 2.41. The molecule has 0 aromatic heterocycles. The maximum absolute atomic E-state index is 11.7. The molecule has 0 spiro atoms. The number of likely N-dealkylation sites (tertiary alicyclic amines) is 1. The highest BCUT2D eigenvalue weighted by atomic mass is 16.5. The van der Waals surface area contributed by atoms with E-state index in [4.69, 9.17) is 4.74 Å². The molecule has 1 saturated carbocycles. The van der Waals surface area contributed by atoms with E-state index < -0.39 is 5.60 Å². The van der Waals surface area contributed by atoms with Crippen molar-refractivity contribution < 1.29 is 9.84 Å². The zero-order chi connectivity index (χ0) is 20.3. The molecular formula is C25H36N2O2. The molecule has 2 aromatic rings. The first kappa shape index (κ1) is 20.6. The number of rotatable bonds is 6. The van der Waals surface area contributed by atoms with Crippen LogP contribution in [-0.4, -0.2) is 55.4 Å². The Hall–Kier alpha value is -1.62. The Balaban J connectivity index is 1.62. The number of nitrogens with zero attached hydrogens (tertiary/aromatic N) is 1. The van der Waals surface area contributed by atoms with Gasteiger partial charge < -0.3 is 20.1 Å². The number of hydrogen-bond acceptors (Lipinski definition) is 4. The lowest BCUT2D eigenvalue weighted by atomic mass is 9.72. The van der Waals surface area contributed by atoms with Crippen molar-refractivity contribution in [2.45, 2.75) is 62.5 Å². The third-order valence-electron chi connectivity index (χ3n) is 7.28. The molecule has 2 N–H and O–H groups in total. The number of piperidine rings is 1. The fourth-order valence-corrected chi connectivity index (χ4v) is 5.35. The van der Waals surface area contributed by atoms with Gasteiger partial charge in [-0.25, -0.2) is 0 Å². The van der Waals surface area contributed by atoms with E-state index in [2.05, 4.69) is 47.6 Å². The summed E-state index contributed by atoms with van der Waals surface area (Å²) in [6, 6.07) is 13.6. The molecule has 1 unspecified atom stereocenters. The van der Waals surface area contributed by atoms with Gasteiger partial charge in [0.1, 0.15) is 5.75 Å². The highest BCUT2D eigenvalue weighted by Gasteiger charge is 2.40. The molecule has 4 nitrogen and oxygen atoms in total. The van der Waals surface area contributed by atoms with Crippen LogP contribution >= 0.6 is 0 Å². The summed E-state index contributed by atoms with van der Waals surface area (Å²) in [4.78, 5) is 2.57. The van der Waals surface area contributed by atoms with Crippen LogP contribution in [0.4, 0.5) is 0 Å². The van der Waals surface area contributed by atoms with E-state index in [0.717, 1.165) is 51.1 Å². The normalized spacial score (nSPS) is 21.9. The lowest BCUT2D eigenvalue weighted by molar-refractivity contribution is -0.0326. The molecule has 1 saturated heterocycles. The fraction of sp³-hybridized carbons (Fsp3) is 0.600. The largest absolute Gasteiger partial charge is 0.497 e. The minimum Gasteiger partial charge on any atom is -0.497 e. The topological polar surface area (TPSA) is 44.7 Å². The lowest BCUT2D eigenvalue weighted by Gasteiger charge is -2.43. The Morgan fingerprint density at radius 2 is 1.76 bits per heavy atom. The predicted octanol–water partition coefficient (Wildman–Crippen LogP) is 4.31. The second kappa shape index (κ2) is 9.03. The molecule has 4 rings (SSSR count). The number of hydrogen-bond donors (Lipinski definition) is 2. The van der Waals surface area contributed by atoms with E-state index in [1.807, 2.05) is 6.07 Å². The van der Waals surface area contributed by atoms with Gasteiger partial charge in [0.15, 0.2) is 0 Å². The van der Waals surface area contributed by atoms with Gasteiger partial charge in [0, 0.05) is 18.5 Å². The molecule has 1 aliphatic heterocycles. The van der Waals surface area contributed by atoms with Gasteiger partial charge in [-0.15, -0.1) is 0 Å². The first-order chi connectivity index (χ1) is 14.1. The van der Waals surface area contributed by atoms with Crippen molar-refractivity contribution in [3.63, 3.8) is 0 Å². The van der Waals surface area contributed by atoms with Crippen molar-refractivity contribution >= 4 is 10.8 Å². The molecule has 1 aliphatic carbocycles. The summed E-state index contributed by atoms with van der Waals surface area (Å²) >= 11 is 0. The van der Waals surface area contributed by atoms with Gasteiger partial charge >= 0.3 is 0 Å². The van der Waals surface area contributed by atoms with E-state index in [9.17, 15) is 5.11 Å². The second-order valence-corrected chi connectivity index (χ2v) is 9.05. The molecule has 2 fully saturated rings. The third kappa shape index (κ3) is 4.60. The van der Waals surface area contributed by atoms with Crippen molar-refractivity contribution in [3.8, 4) is 5.75 Å². The molecule has 2 aliphatic rings. The van der Waals surface area contributed by atoms with Crippen LogP contribution in [-0.2, 0) is 0 Å². The first-order valence-corrected chi connectivity index (χ1v) is 11.3. The third-order valence-corrected chi connectivity index (χ3v) is 7.28. The minimum absolute atomic E-state index is 0.167. The number of benzene rings is 2. The lowest BCUT2D eigenvalue weighted by Crippen LogP contribution is -2.48. The van der Waals surface area contributed by atoms with E-state index >= 15 is 0 Å². The molecular weight excluding hydrogens is 360 g/mol. The van der Waals surface area contributed by atoms with Crippen LogP contribution < -0.4 is 10.1 Å².